The minimum atomic E-state index is -0.618. The number of nitro benzene ring substituents is 1. The number of carbonyl (C=O) groups excluding carboxylic acids is 3. The number of non-ortho nitro benzene ring substituents is 1. The third-order valence-corrected chi connectivity index (χ3v) is 5.42. The third kappa shape index (κ3) is 3.33. The minimum absolute atomic E-state index is 0.000647. The van der Waals surface area contributed by atoms with Crippen LogP contribution in [0.15, 0.2) is 53.9 Å². The second-order valence-electron chi connectivity index (χ2n) is 6.49. The molecular weight excluding hydrogens is 408 g/mol. The zero-order valence-electron chi connectivity index (χ0n) is 15.6. The summed E-state index contributed by atoms with van der Waals surface area (Å²) in [6.45, 7) is 1.32. The molecule has 0 unspecified atom stereocenters. The molecule has 0 N–H and O–H groups in total. The SMILES string of the molecule is CC(=O)N(c1ccccc1)c1nc(CN2C(=O)c3ccc([N+](=O)[O-])cc3C2=O)cs1. The van der Waals surface area contributed by atoms with Crippen LogP contribution in [0.1, 0.15) is 33.3 Å². The molecule has 1 aliphatic heterocycles. The first kappa shape index (κ1) is 19.4. The molecule has 1 aliphatic rings. The van der Waals surface area contributed by atoms with Gasteiger partial charge in [0.05, 0.1) is 34.0 Å². The predicted molar refractivity (Wildman–Crippen MR) is 109 cm³/mol. The van der Waals surface area contributed by atoms with E-state index in [-0.39, 0.29) is 29.3 Å². The van der Waals surface area contributed by atoms with E-state index < -0.39 is 16.7 Å². The smallest absolute Gasteiger partial charge is 0.270 e. The van der Waals surface area contributed by atoms with Crippen LogP contribution in [0.25, 0.3) is 0 Å². The van der Waals surface area contributed by atoms with Gasteiger partial charge in [0.25, 0.3) is 17.5 Å². The van der Waals surface area contributed by atoms with Crippen LogP contribution in [0.4, 0.5) is 16.5 Å². The van der Waals surface area contributed by atoms with Gasteiger partial charge >= 0.3 is 0 Å². The predicted octanol–water partition coefficient (Wildman–Crippen LogP) is 3.53. The Labute approximate surface area is 174 Å². The molecule has 3 amide bonds. The molecule has 4 rings (SSSR count). The lowest BCUT2D eigenvalue weighted by molar-refractivity contribution is -0.384. The zero-order chi connectivity index (χ0) is 21.4. The number of imide groups is 1. The Morgan fingerprint density at radius 3 is 2.50 bits per heavy atom. The number of rotatable bonds is 5. The van der Waals surface area contributed by atoms with E-state index in [1.54, 1.807) is 29.6 Å². The molecule has 2 aromatic carbocycles. The first-order chi connectivity index (χ1) is 14.4. The lowest BCUT2D eigenvalue weighted by Crippen LogP contribution is -2.29. The van der Waals surface area contributed by atoms with Crippen molar-refractivity contribution in [1.82, 2.24) is 9.88 Å². The number of carbonyl (C=O) groups is 3. The van der Waals surface area contributed by atoms with Gasteiger partial charge in [-0.15, -0.1) is 11.3 Å². The van der Waals surface area contributed by atoms with E-state index in [2.05, 4.69) is 4.98 Å². The molecule has 0 spiro atoms. The van der Waals surface area contributed by atoms with Crippen molar-refractivity contribution in [3.05, 3.63) is 80.8 Å². The molecule has 2 heterocycles. The second kappa shape index (κ2) is 7.48. The van der Waals surface area contributed by atoms with Gasteiger partial charge in [-0.25, -0.2) is 4.98 Å². The number of fused-ring (bicyclic) bond motifs is 1. The van der Waals surface area contributed by atoms with Gasteiger partial charge in [0.1, 0.15) is 0 Å². The highest BCUT2D eigenvalue weighted by molar-refractivity contribution is 7.14. The molecular formula is C20H14N4O5S. The molecule has 0 aliphatic carbocycles. The van der Waals surface area contributed by atoms with Crippen LogP contribution in [0, 0.1) is 10.1 Å². The molecule has 0 bridgehead atoms. The molecule has 3 aromatic rings. The Bertz CT molecular complexity index is 1190. The monoisotopic (exact) mass is 422 g/mol. The van der Waals surface area contributed by atoms with Gasteiger partial charge in [0.2, 0.25) is 5.91 Å². The van der Waals surface area contributed by atoms with E-state index in [9.17, 15) is 24.5 Å². The van der Waals surface area contributed by atoms with Crippen molar-refractivity contribution < 1.29 is 19.3 Å². The number of anilines is 2. The Balaban J connectivity index is 1.59. The van der Waals surface area contributed by atoms with Gasteiger partial charge in [-0.1, -0.05) is 18.2 Å². The van der Waals surface area contributed by atoms with E-state index in [0.717, 1.165) is 11.0 Å². The second-order valence-corrected chi connectivity index (χ2v) is 7.33. The Hall–Kier alpha value is -3.92. The Morgan fingerprint density at radius 1 is 1.13 bits per heavy atom. The number of aromatic nitrogens is 1. The minimum Gasteiger partial charge on any atom is -0.274 e. The van der Waals surface area contributed by atoms with Crippen LogP contribution in [0.3, 0.4) is 0 Å². The fourth-order valence-electron chi connectivity index (χ4n) is 3.17. The number of hydrogen-bond donors (Lipinski definition) is 0. The van der Waals surface area contributed by atoms with E-state index in [1.807, 2.05) is 6.07 Å². The summed E-state index contributed by atoms with van der Waals surface area (Å²) in [4.78, 5) is 54.6. The first-order valence-electron chi connectivity index (χ1n) is 8.81. The number of amides is 3. The fraction of sp³-hybridized carbons (Fsp3) is 0.100. The van der Waals surface area contributed by atoms with Gasteiger partial charge in [0, 0.05) is 24.4 Å². The molecule has 10 heteroatoms. The molecule has 0 atom stereocenters. The average Bonchev–Trinajstić information content (AvgIpc) is 3.27. The lowest BCUT2D eigenvalue weighted by atomic mass is 10.1. The molecule has 0 saturated carbocycles. The number of para-hydroxylation sites is 1. The van der Waals surface area contributed by atoms with E-state index >= 15 is 0 Å². The van der Waals surface area contributed by atoms with Crippen LogP contribution < -0.4 is 4.90 Å². The first-order valence-corrected chi connectivity index (χ1v) is 9.69. The summed E-state index contributed by atoms with van der Waals surface area (Å²) in [5.74, 6) is -1.37. The summed E-state index contributed by atoms with van der Waals surface area (Å²) >= 11 is 1.21. The lowest BCUT2D eigenvalue weighted by Gasteiger charge is -2.18. The highest BCUT2D eigenvalue weighted by Crippen LogP contribution is 2.31. The molecule has 30 heavy (non-hydrogen) atoms. The van der Waals surface area contributed by atoms with E-state index in [4.69, 9.17) is 0 Å². The van der Waals surface area contributed by atoms with Gasteiger partial charge in [0.15, 0.2) is 5.13 Å². The van der Waals surface area contributed by atoms with Crippen LogP contribution in [0.5, 0.6) is 0 Å². The molecule has 0 fully saturated rings. The summed E-state index contributed by atoms with van der Waals surface area (Å²) in [5, 5.41) is 13.0. The van der Waals surface area contributed by atoms with Crippen molar-refractivity contribution in [3.8, 4) is 0 Å². The van der Waals surface area contributed by atoms with Crippen molar-refractivity contribution in [2.24, 2.45) is 0 Å². The van der Waals surface area contributed by atoms with Gasteiger partial charge in [-0.2, -0.15) is 0 Å². The van der Waals surface area contributed by atoms with E-state index in [1.165, 1.54) is 35.3 Å². The quantitative estimate of drug-likeness (QED) is 0.353. The van der Waals surface area contributed by atoms with Crippen molar-refractivity contribution >= 4 is 45.6 Å². The fourth-order valence-corrected chi connectivity index (χ4v) is 4.05. The number of hydrogen-bond acceptors (Lipinski definition) is 7. The van der Waals surface area contributed by atoms with E-state index in [0.29, 0.717) is 16.5 Å². The van der Waals surface area contributed by atoms with Crippen LogP contribution in [0.2, 0.25) is 0 Å². The number of nitrogens with zero attached hydrogens (tertiary/aromatic N) is 4. The van der Waals surface area contributed by atoms with Crippen molar-refractivity contribution in [1.29, 1.82) is 0 Å². The Kier molecular flexibility index (Phi) is 4.84. The average molecular weight is 422 g/mol. The van der Waals surface area contributed by atoms with Crippen molar-refractivity contribution in [2.75, 3.05) is 4.90 Å². The summed E-state index contributed by atoms with van der Waals surface area (Å²) < 4.78 is 0. The Morgan fingerprint density at radius 2 is 1.83 bits per heavy atom. The van der Waals surface area contributed by atoms with Gasteiger partial charge in [-0.3, -0.25) is 34.3 Å². The largest absolute Gasteiger partial charge is 0.274 e. The highest BCUT2D eigenvalue weighted by atomic mass is 32.1. The summed E-state index contributed by atoms with van der Waals surface area (Å²) in [7, 11) is 0. The molecule has 1 aromatic heterocycles. The highest BCUT2D eigenvalue weighted by Gasteiger charge is 2.37. The molecule has 0 saturated heterocycles. The maximum Gasteiger partial charge on any atom is 0.270 e. The van der Waals surface area contributed by atoms with Gasteiger partial charge < -0.3 is 0 Å². The summed E-state index contributed by atoms with van der Waals surface area (Å²) in [6.07, 6.45) is 0. The normalized spacial score (nSPS) is 12.8. The zero-order valence-corrected chi connectivity index (χ0v) is 16.5. The maximum atomic E-state index is 12.7. The summed E-state index contributed by atoms with van der Waals surface area (Å²) in [6, 6.07) is 12.6. The number of benzene rings is 2. The molecule has 9 nitrogen and oxygen atoms in total. The molecule has 0 radical (unpaired) electrons. The maximum absolute atomic E-state index is 12.7. The third-order valence-electron chi connectivity index (χ3n) is 4.55. The van der Waals surface area contributed by atoms with Crippen LogP contribution >= 0.6 is 11.3 Å². The number of thiazole rings is 1. The van der Waals surface area contributed by atoms with Gasteiger partial charge in [-0.05, 0) is 18.2 Å². The van der Waals surface area contributed by atoms with Crippen LogP contribution in [-0.4, -0.2) is 32.5 Å². The standard InChI is InChI=1S/C20H14N4O5S/c1-12(25)23(14-5-3-2-4-6-14)20-21-13(11-30-20)10-22-18(26)16-8-7-15(24(28)29)9-17(16)19(22)27/h2-9,11H,10H2,1H3. The topological polar surface area (TPSA) is 114 Å². The van der Waals surface area contributed by atoms with Crippen molar-refractivity contribution in [3.63, 3.8) is 0 Å². The van der Waals surface area contributed by atoms with Crippen molar-refractivity contribution in [2.45, 2.75) is 13.5 Å². The summed E-state index contributed by atoms with van der Waals surface area (Å²) in [5.41, 5.74) is 0.947. The number of nitro groups is 1. The molecule has 150 valence electrons. The van der Waals surface area contributed by atoms with Crippen LogP contribution in [-0.2, 0) is 11.3 Å².